The van der Waals surface area contributed by atoms with Crippen molar-refractivity contribution in [1.82, 2.24) is 5.32 Å². The Kier molecular flexibility index (Phi) is 5.52. The number of nitrogens with one attached hydrogen (secondary N) is 1. The maximum atomic E-state index is 11.7. The first kappa shape index (κ1) is 15.7. The second-order valence-electron chi connectivity index (χ2n) is 4.36. The van der Waals surface area contributed by atoms with Gasteiger partial charge in [-0.2, -0.15) is 0 Å². The Labute approximate surface area is 135 Å². The molecule has 21 heavy (non-hydrogen) atoms. The number of carbonyl (C=O) groups excluding carboxylic acids is 2. The highest BCUT2D eigenvalue weighted by atomic mass is 79.9. The minimum Gasteiger partial charge on any atom is -0.484 e. The van der Waals surface area contributed by atoms with Crippen molar-refractivity contribution in [1.29, 1.82) is 0 Å². The lowest BCUT2D eigenvalue weighted by Gasteiger charge is -2.07. The molecule has 0 saturated carbocycles. The van der Waals surface area contributed by atoms with E-state index in [0.29, 0.717) is 17.9 Å². The van der Waals surface area contributed by atoms with Crippen molar-refractivity contribution in [3.8, 4) is 5.75 Å². The molecular weight excluding hydrogens is 354 g/mol. The molecule has 2 rings (SSSR count). The van der Waals surface area contributed by atoms with Gasteiger partial charge in [-0.05, 0) is 47.1 Å². The van der Waals surface area contributed by atoms with Gasteiger partial charge in [-0.25, -0.2) is 0 Å². The molecule has 0 spiro atoms. The lowest BCUT2D eigenvalue weighted by atomic mass is 10.1. The zero-order valence-corrected chi connectivity index (χ0v) is 13.8. The van der Waals surface area contributed by atoms with E-state index >= 15 is 0 Å². The molecule has 0 bridgehead atoms. The summed E-state index contributed by atoms with van der Waals surface area (Å²) in [7, 11) is 0. The van der Waals surface area contributed by atoms with Gasteiger partial charge in [-0.3, -0.25) is 9.59 Å². The Morgan fingerprint density at radius 3 is 2.76 bits per heavy atom. The van der Waals surface area contributed by atoms with Crippen molar-refractivity contribution in [3.05, 3.63) is 50.6 Å². The number of ketones is 1. The second kappa shape index (κ2) is 7.38. The molecule has 1 heterocycles. The fourth-order valence-corrected chi connectivity index (χ4v) is 3.06. The molecule has 1 aromatic heterocycles. The Hall–Kier alpha value is -1.66. The molecule has 6 heteroatoms. The molecular formula is C15H14BrNO3S. The fraction of sp³-hybridized carbons (Fsp3) is 0.200. The van der Waals surface area contributed by atoms with E-state index in [0.717, 1.165) is 8.66 Å². The standard InChI is InChI=1S/C15H14BrNO3S/c1-10(18)11-3-2-4-12(7-11)20-9-15(19)17-8-13-5-6-14(16)21-13/h2-7H,8-9H2,1H3,(H,17,19). The second-order valence-corrected chi connectivity index (χ2v) is 6.90. The number of halogens is 1. The Morgan fingerprint density at radius 1 is 1.29 bits per heavy atom. The normalized spacial score (nSPS) is 10.2. The summed E-state index contributed by atoms with van der Waals surface area (Å²) in [4.78, 5) is 24.0. The molecule has 2 aromatic rings. The van der Waals surface area contributed by atoms with Crippen molar-refractivity contribution < 1.29 is 14.3 Å². The monoisotopic (exact) mass is 367 g/mol. The maximum Gasteiger partial charge on any atom is 0.258 e. The van der Waals surface area contributed by atoms with E-state index in [1.807, 2.05) is 12.1 Å². The summed E-state index contributed by atoms with van der Waals surface area (Å²) in [5.41, 5.74) is 0.566. The first-order valence-corrected chi connectivity index (χ1v) is 7.90. The van der Waals surface area contributed by atoms with Crippen molar-refractivity contribution in [3.63, 3.8) is 0 Å². The van der Waals surface area contributed by atoms with Crippen LogP contribution in [-0.2, 0) is 11.3 Å². The SMILES string of the molecule is CC(=O)c1cccc(OCC(=O)NCc2ccc(Br)s2)c1. The Balaban J connectivity index is 1.81. The third-order valence-corrected chi connectivity index (χ3v) is 4.32. The summed E-state index contributed by atoms with van der Waals surface area (Å²) in [6.07, 6.45) is 0. The van der Waals surface area contributed by atoms with Crippen LogP contribution in [0.2, 0.25) is 0 Å². The summed E-state index contributed by atoms with van der Waals surface area (Å²) >= 11 is 4.95. The van der Waals surface area contributed by atoms with Gasteiger partial charge in [0.15, 0.2) is 12.4 Å². The van der Waals surface area contributed by atoms with Gasteiger partial charge in [0.1, 0.15) is 5.75 Å². The first-order valence-electron chi connectivity index (χ1n) is 6.29. The van der Waals surface area contributed by atoms with Crippen LogP contribution in [0.1, 0.15) is 22.2 Å². The van der Waals surface area contributed by atoms with Gasteiger partial charge in [-0.1, -0.05) is 12.1 Å². The van der Waals surface area contributed by atoms with Crippen molar-refractivity contribution in [2.24, 2.45) is 0 Å². The first-order chi connectivity index (χ1) is 10.0. The average molecular weight is 368 g/mol. The molecule has 0 atom stereocenters. The summed E-state index contributed by atoms with van der Waals surface area (Å²) in [6, 6.07) is 10.7. The van der Waals surface area contributed by atoms with Crippen LogP contribution in [0.4, 0.5) is 0 Å². The molecule has 0 unspecified atom stereocenters. The van der Waals surface area contributed by atoms with Crippen molar-refractivity contribution in [2.45, 2.75) is 13.5 Å². The zero-order chi connectivity index (χ0) is 15.2. The van der Waals surface area contributed by atoms with Gasteiger partial charge in [0.2, 0.25) is 0 Å². The molecule has 1 amide bonds. The van der Waals surface area contributed by atoms with Gasteiger partial charge in [0, 0.05) is 10.4 Å². The quantitative estimate of drug-likeness (QED) is 0.795. The van der Waals surface area contributed by atoms with Crippen LogP contribution in [0.5, 0.6) is 5.75 Å². The molecule has 0 aliphatic carbocycles. The van der Waals surface area contributed by atoms with Gasteiger partial charge >= 0.3 is 0 Å². The van der Waals surface area contributed by atoms with Crippen LogP contribution < -0.4 is 10.1 Å². The van der Waals surface area contributed by atoms with Gasteiger partial charge < -0.3 is 10.1 Å². The number of hydrogen-bond donors (Lipinski definition) is 1. The maximum absolute atomic E-state index is 11.7. The predicted molar refractivity (Wildman–Crippen MR) is 85.8 cm³/mol. The van der Waals surface area contributed by atoms with Gasteiger partial charge in [-0.15, -0.1) is 11.3 Å². The number of ether oxygens (including phenoxy) is 1. The van der Waals surface area contributed by atoms with Crippen LogP contribution in [0.15, 0.2) is 40.2 Å². The Morgan fingerprint density at radius 2 is 2.10 bits per heavy atom. The van der Waals surface area contributed by atoms with Crippen molar-refractivity contribution in [2.75, 3.05) is 6.61 Å². The van der Waals surface area contributed by atoms with Gasteiger partial charge in [0.05, 0.1) is 10.3 Å². The molecule has 1 aromatic carbocycles. The third-order valence-electron chi connectivity index (χ3n) is 2.70. The summed E-state index contributed by atoms with van der Waals surface area (Å²) in [6.45, 7) is 1.89. The lowest BCUT2D eigenvalue weighted by Crippen LogP contribution is -2.28. The van der Waals surface area contributed by atoms with E-state index in [9.17, 15) is 9.59 Å². The van der Waals surface area contributed by atoms with Crippen molar-refractivity contribution >= 4 is 39.0 Å². The van der Waals surface area contributed by atoms with Crippen LogP contribution >= 0.6 is 27.3 Å². The van der Waals surface area contributed by atoms with E-state index in [4.69, 9.17) is 4.74 Å². The number of benzene rings is 1. The number of thiophene rings is 1. The lowest BCUT2D eigenvalue weighted by molar-refractivity contribution is -0.123. The smallest absolute Gasteiger partial charge is 0.258 e. The highest BCUT2D eigenvalue weighted by molar-refractivity contribution is 9.11. The van der Waals surface area contributed by atoms with Crippen LogP contribution in [-0.4, -0.2) is 18.3 Å². The van der Waals surface area contributed by atoms with E-state index in [1.165, 1.54) is 6.92 Å². The van der Waals surface area contributed by atoms with E-state index in [-0.39, 0.29) is 18.3 Å². The number of rotatable bonds is 6. The molecule has 0 aliphatic heterocycles. The highest BCUT2D eigenvalue weighted by Gasteiger charge is 2.06. The number of carbonyl (C=O) groups is 2. The number of amides is 1. The summed E-state index contributed by atoms with van der Waals surface area (Å²) in [5.74, 6) is 0.276. The molecule has 0 radical (unpaired) electrons. The molecule has 110 valence electrons. The van der Waals surface area contributed by atoms with E-state index in [2.05, 4.69) is 21.2 Å². The largest absolute Gasteiger partial charge is 0.484 e. The molecule has 0 saturated heterocycles. The number of hydrogen-bond acceptors (Lipinski definition) is 4. The van der Waals surface area contributed by atoms with Crippen LogP contribution in [0.3, 0.4) is 0 Å². The third kappa shape index (κ3) is 4.99. The van der Waals surface area contributed by atoms with E-state index in [1.54, 1.807) is 35.6 Å². The highest BCUT2D eigenvalue weighted by Crippen LogP contribution is 2.21. The minimum atomic E-state index is -0.201. The molecule has 1 N–H and O–H groups in total. The summed E-state index contributed by atoms with van der Waals surface area (Å²) < 4.78 is 6.41. The number of Topliss-reactive ketones (excluding diaryl/α,β-unsaturated/α-hetero) is 1. The predicted octanol–water partition coefficient (Wildman–Crippen LogP) is 3.41. The topological polar surface area (TPSA) is 55.4 Å². The zero-order valence-electron chi connectivity index (χ0n) is 11.4. The molecule has 0 fully saturated rings. The van der Waals surface area contributed by atoms with Crippen LogP contribution in [0.25, 0.3) is 0 Å². The van der Waals surface area contributed by atoms with E-state index < -0.39 is 0 Å². The minimum absolute atomic E-state index is 0.0341. The average Bonchev–Trinajstić information content (AvgIpc) is 2.89. The Bertz CT molecular complexity index is 654. The molecule has 0 aliphatic rings. The molecule has 4 nitrogen and oxygen atoms in total. The van der Waals surface area contributed by atoms with Crippen LogP contribution in [0, 0.1) is 0 Å². The van der Waals surface area contributed by atoms with Gasteiger partial charge in [0.25, 0.3) is 5.91 Å². The summed E-state index contributed by atoms with van der Waals surface area (Å²) in [5, 5.41) is 2.78. The fourth-order valence-electron chi connectivity index (χ4n) is 1.64.